The highest BCUT2D eigenvalue weighted by Gasteiger charge is 2.24. The van der Waals surface area contributed by atoms with Crippen LogP contribution < -0.4 is 5.73 Å². The number of carbonyl (C=O) groups is 1. The number of nitrogens with one attached hydrogen (secondary N) is 1. The zero-order valence-electron chi connectivity index (χ0n) is 12.2. The zero-order chi connectivity index (χ0) is 15.3. The van der Waals surface area contributed by atoms with Gasteiger partial charge in [0.05, 0.1) is 24.0 Å². The number of aromatic nitrogens is 4. The fraction of sp³-hybridized carbons (Fsp3) is 0.267. The summed E-state index contributed by atoms with van der Waals surface area (Å²) in [4.78, 5) is 13.1. The van der Waals surface area contributed by atoms with E-state index in [1.165, 1.54) is 0 Å². The summed E-state index contributed by atoms with van der Waals surface area (Å²) < 4.78 is 1.84. The number of aromatic amines is 1. The van der Waals surface area contributed by atoms with Crippen LogP contribution in [-0.4, -0.2) is 37.5 Å². The van der Waals surface area contributed by atoms with Crippen molar-refractivity contribution in [1.29, 1.82) is 0 Å². The lowest BCUT2D eigenvalue weighted by molar-refractivity contribution is 0.202. The van der Waals surface area contributed by atoms with Crippen LogP contribution in [0.4, 0.5) is 4.79 Å². The van der Waals surface area contributed by atoms with Gasteiger partial charge in [0.1, 0.15) is 0 Å². The van der Waals surface area contributed by atoms with Crippen LogP contribution in [0.3, 0.4) is 0 Å². The highest BCUT2D eigenvalue weighted by atomic mass is 16.2. The van der Waals surface area contributed by atoms with Crippen LogP contribution >= 0.6 is 0 Å². The second-order valence-corrected chi connectivity index (χ2v) is 5.58. The lowest BCUT2D eigenvalue weighted by atomic mass is 10.0. The monoisotopic (exact) mass is 296 g/mol. The van der Waals surface area contributed by atoms with Crippen molar-refractivity contribution in [3.63, 3.8) is 0 Å². The lowest BCUT2D eigenvalue weighted by Crippen LogP contribution is -2.39. The Morgan fingerprint density at radius 2 is 2.27 bits per heavy atom. The van der Waals surface area contributed by atoms with Gasteiger partial charge in [-0.1, -0.05) is 6.07 Å². The van der Waals surface area contributed by atoms with Crippen LogP contribution in [-0.2, 0) is 20.0 Å². The van der Waals surface area contributed by atoms with Gasteiger partial charge in [0.15, 0.2) is 0 Å². The third-order valence-corrected chi connectivity index (χ3v) is 4.26. The largest absolute Gasteiger partial charge is 0.351 e. The molecular weight excluding hydrogens is 280 g/mol. The van der Waals surface area contributed by atoms with Crippen LogP contribution in [0.2, 0.25) is 0 Å². The Labute approximate surface area is 126 Å². The van der Waals surface area contributed by atoms with E-state index >= 15 is 0 Å². The molecule has 0 radical (unpaired) electrons. The van der Waals surface area contributed by atoms with Gasteiger partial charge in [-0.05, 0) is 12.1 Å². The summed E-state index contributed by atoms with van der Waals surface area (Å²) in [6, 6.07) is 5.75. The average Bonchev–Trinajstić information content (AvgIpc) is 3.10. The maximum Gasteiger partial charge on any atom is 0.315 e. The molecule has 2 amide bonds. The molecule has 3 N–H and O–H groups in total. The Hall–Kier alpha value is -2.83. The molecule has 2 aromatic heterocycles. The van der Waals surface area contributed by atoms with Gasteiger partial charge in [0, 0.05) is 42.2 Å². The van der Waals surface area contributed by atoms with E-state index in [1.807, 2.05) is 30.1 Å². The molecule has 0 saturated heterocycles. The number of fused-ring (bicyclic) bond motifs is 2. The minimum atomic E-state index is -0.388. The summed E-state index contributed by atoms with van der Waals surface area (Å²) in [6.07, 6.45) is 2.59. The topological polar surface area (TPSA) is 92.8 Å². The van der Waals surface area contributed by atoms with Crippen LogP contribution in [0.25, 0.3) is 22.2 Å². The quantitative estimate of drug-likeness (QED) is 0.711. The van der Waals surface area contributed by atoms with E-state index in [0.717, 1.165) is 39.8 Å². The number of hydrogen-bond acceptors (Lipinski definition) is 3. The Balaban J connectivity index is 1.79. The zero-order valence-corrected chi connectivity index (χ0v) is 12.2. The molecule has 7 heteroatoms. The molecule has 0 bridgehead atoms. The number of rotatable bonds is 1. The highest BCUT2D eigenvalue weighted by Crippen LogP contribution is 2.30. The normalized spacial score (nSPS) is 14.3. The second-order valence-electron chi connectivity index (χ2n) is 5.58. The maximum atomic E-state index is 11.4. The molecule has 3 heterocycles. The standard InChI is InChI=1S/C15H16N6O/c1-20-13-3-2-9(6-10(13)7-17-20)14-11-8-21(15(16)22)5-4-12(11)18-19-14/h2-3,6-7H,4-5,8H2,1H3,(H2,16,22)(H,18,19). The van der Waals surface area contributed by atoms with Crippen molar-refractivity contribution in [3.8, 4) is 11.3 Å². The Morgan fingerprint density at radius 1 is 1.41 bits per heavy atom. The van der Waals surface area contributed by atoms with Gasteiger partial charge >= 0.3 is 6.03 Å². The number of urea groups is 1. The number of hydrogen-bond donors (Lipinski definition) is 2. The molecule has 7 nitrogen and oxygen atoms in total. The Kier molecular flexibility index (Phi) is 2.69. The minimum absolute atomic E-state index is 0.388. The maximum absolute atomic E-state index is 11.4. The number of H-pyrrole nitrogens is 1. The molecule has 1 aliphatic rings. The van der Waals surface area contributed by atoms with Crippen LogP contribution in [0.1, 0.15) is 11.3 Å². The minimum Gasteiger partial charge on any atom is -0.351 e. The van der Waals surface area contributed by atoms with Gasteiger partial charge in [0.25, 0.3) is 0 Å². The van der Waals surface area contributed by atoms with Gasteiger partial charge < -0.3 is 10.6 Å². The number of nitrogens with zero attached hydrogens (tertiary/aromatic N) is 4. The third kappa shape index (κ3) is 1.86. The first kappa shape index (κ1) is 12.9. The molecule has 1 aromatic carbocycles. The number of benzene rings is 1. The summed E-state index contributed by atoms with van der Waals surface area (Å²) in [5, 5.41) is 12.9. The van der Waals surface area contributed by atoms with Crippen molar-refractivity contribution in [2.24, 2.45) is 12.8 Å². The number of nitrogens with two attached hydrogens (primary N) is 1. The summed E-state index contributed by atoms with van der Waals surface area (Å²) in [7, 11) is 1.92. The average molecular weight is 296 g/mol. The van der Waals surface area contributed by atoms with E-state index in [2.05, 4.69) is 21.4 Å². The van der Waals surface area contributed by atoms with Crippen molar-refractivity contribution in [3.05, 3.63) is 35.7 Å². The van der Waals surface area contributed by atoms with Crippen molar-refractivity contribution < 1.29 is 4.79 Å². The number of primary amides is 1. The van der Waals surface area contributed by atoms with E-state index in [4.69, 9.17) is 5.73 Å². The molecular formula is C15H16N6O. The molecule has 4 rings (SSSR count). The lowest BCUT2D eigenvalue weighted by Gasteiger charge is -2.25. The Bertz CT molecular complexity index is 877. The van der Waals surface area contributed by atoms with E-state index in [9.17, 15) is 4.79 Å². The van der Waals surface area contributed by atoms with Crippen LogP contribution in [0, 0.1) is 0 Å². The summed E-state index contributed by atoms with van der Waals surface area (Å²) >= 11 is 0. The molecule has 112 valence electrons. The highest BCUT2D eigenvalue weighted by molar-refractivity contribution is 5.84. The fourth-order valence-corrected chi connectivity index (χ4v) is 3.03. The first-order valence-corrected chi connectivity index (χ1v) is 7.16. The van der Waals surface area contributed by atoms with Crippen LogP contribution in [0.5, 0.6) is 0 Å². The first-order valence-electron chi connectivity index (χ1n) is 7.16. The molecule has 0 unspecified atom stereocenters. The molecule has 0 fully saturated rings. The SMILES string of the molecule is Cn1ncc2cc(-c3n[nH]c4c3CN(C(N)=O)CC4)ccc21. The van der Waals surface area contributed by atoms with Gasteiger partial charge in [0.2, 0.25) is 0 Å². The van der Waals surface area contributed by atoms with Gasteiger partial charge in [-0.3, -0.25) is 9.78 Å². The summed E-state index contributed by atoms with van der Waals surface area (Å²) in [5.41, 5.74) is 10.5. The van der Waals surface area contributed by atoms with Crippen LogP contribution in [0.15, 0.2) is 24.4 Å². The predicted molar refractivity (Wildman–Crippen MR) is 82.0 cm³/mol. The summed E-state index contributed by atoms with van der Waals surface area (Å²) in [6.45, 7) is 1.13. The smallest absolute Gasteiger partial charge is 0.315 e. The number of carbonyl (C=O) groups excluding carboxylic acids is 1. The van der Waals surface area contributed by atoms with E-state index in [1.54, 1.807) is 4.90 Å². The van der Waals surface area contributed by atoms with Gasteiger partial charge in [-0.15, -0.1) is 0 Å². The fourth-order valence-electron chi connectivity index (χ4n) is 3.03. The molecule has 0 saturated carbocycles. The molecule has 0 aliphatic carbocycles. The van der Waals surface area contributed by atoms with E-state index in [-0.39, 0.29) is 6.03 Å². The molecule has 22 heavy (non-hydrogen) atoms. The Morgan fingerprint density at radius 3 is 3.09 bits per heavy atom. The van der Waals surface area contributed by atoms with Crippen molar-refractivity contribution in [2.75, 3.05) is 6.54 Å². The van der Waals surface area contributed by atoms with Crippen molar-refractivity contribution in [2.45, 2.75) is 13.0 Å². The predicted octanol–water partition coefficient (Wildman–Crippen LogP) is 1.40. The first-order chi connectivity index (χ1) is 10.6. The molecule has 1 aliphatic heterocycles. The van der Waals surface area contributed by atoms with Crippen molar-refractivity contribution >= 4 is 16.9 Å². The molecule has 0 spiro atoms. The van der Waals surface area contributed by atoms with Gasteiger partial charge in [-0.2, -0.15) is 10.2 Å². The third-order valence-electron chi connectivity index (χ3n) is 4.26. The van der Waals surface area contributed by atoms with Crippen molar-refractivity contribution in [1.82, 2.24) is 24.9 Å². The molecule has 3 aromatic rings. The molecule has 0 atom stereocenters. The van der Waals surface area contributed by atoms with E-state index < -0.39 is 0 Å². The number of aryl methyl sites for hydroxylation is 1. The summed E-state index contributed by atoms with van der Waals surface area (Å²) in [5.74, 6) is 0. The second kappa shape index (κ2) is 4.59. The van der Waals surface area contributed by atoms with Gasteiger partial charge in [-0.25, -0.2) is 4.79 Å². The number of amides is 2. The van der Waals surface area contributed by atoms with E-state index in [0.29, 0.717) is 13.1 Å².